The molecule has 0 unspecified atom stereocenters. The van der Waals surface area contributed by atoms with E-state index < -0.39 is 11.8 Å². The SMILES string of the molecule is O=C1NN(c2ccccc2)C(=O)/C1=C/c1ccc(OCc2ccc(Cl)c(Cl)c2)cc1. The first-order chi connectivity index (χ1) is 14.5. The molecule has 150 valence electrons. The maximum absolute atomic E-state index is 12.6. The van der Waals surface area contributed by atoms with Crippen LogP contribution in [0.25, 0.3) is 6.08 Å². The van der Waals surface area contributed by atoms with Crippen molar-refractivity contribution in [2.24, 2.45) is 0 Å². The second-order valence-electron chi connectivity index (χ2n) is 6.58. The summed E-state index contributed by atoms with van der Waals surface area (Å²) >= 11 is 11.9. The molecule has 0 saturated carbocycles. The standard InChI is InChI=1S/C23H16Cl2N2O3/c24-20-11-8-16(13-21(20)25)14-30-18-9-6-15(7-10-18)12-19-22(28)26-27(23(19)29)17-4-2-1-3-5-17/h1-13H,14H2,(H,26,28)/b19-12+. The smallest absolute Gasteiger partial charge is 0.282 e. The first-order valence-corrected chi connectivity index (χ1v) is 9.86. The Kier molecular flexibility index (Phi) is 5.74. The van der Waals surface area contributed by atoms with Gasteiger partial charge in [0.15, 0.2) is 0 Å². The lowest BCUT2D eigenvalue weighted by Gasteiger charge is -2.13. The summed E-state index contributed by atoms with van der Waals surface area (Å²) in [6.45, 7) is 0.338. The summed E-state index contributed by atoms with van der Waals surface area (Å²) in [6, 6.07) is 21.4. The molecular formula is C23H16Cl2N2O3. The summed E-state index contributed by atoms with van der Waals surface area (Å²) < 4.78 is 5.75. The van der Waals surface area contributed by atoms with Crippen LogP contribution in [0.15, 0.2) is 78.4 Å². The van der Waals surface area contributed by atoms with Crippen molar-refractivity contribution >= 4 is 46.8 Å². The number of ether oxygens (including phenoxy) is 1. The number of hydrogen-bond acceptors (Lipinski definition) is 3. The van der Waals surface area contributed by atoms with E-state index in [1.165, 1.54) is 5.01 Å². The lowest BCUT2D eigenvalue weighted by atomic mass is 10.1. The van der Waals surface area contributed by atoms with Crippen molar-refractivity contribution in [2.75, 3.05) is 5.01 Å². The predicted octanol–water partition coefficient (Wildman–Crippen LogP) is 5.03. The van der Waals surface area contributed by atoms with Gasteiger partial charge in [0, 0.05) is 0 Å². The number of nitrogens with one attached hydrogen (secondary N) is 1. The third kappa shape index (κ3) is 4.32. The fraction of sp³-hybridized carbons (Fsp3) is 0.0435. The van der Waals surface area contributed by atoms with E-state index >= 15 is 0 Å². The minimum atomic E-state index is -0.441. The molecule has 1 saturated heterocycles. The van der Waals surface area contributed by atoms with Crippen molar-refractivity contribution in [1.82, 2.24) is 5.43 Å². The third-order valence-corrected chi connectivity index (χ3v) is 5.23. The number of benzene rings is 3. The lowest BCUT2D eigenvalue weighted by molar-refractivity contribution is -0.117. The average Bonchev–Trinajstić information content (AvgIpc) is 3.04. The van der Waals surface area contributed by atoms with Crippen molar-refractivity contribution in [1.29, 1.82) is 0 Å². The van der Waals surface area contributed by atoms with Crippen LogP contribution >= 0.6 is 23.2 Å². The van der Waals surface area contributed by atoms with Gasteiger partial charge in [-0.25, -0.2) is 5.01 Å². The second kappa shape index (κ2) is 8.61. The van der Waals surface area contributed by atoms with Gasteiger partial charge in [-0.1, -0.05) is 59.6 Å². The molecule has 5 nitrogen and oxygen atoms in total. The Labute approximate surface area is 183 Å². The minimum Gasteiger partial charge on any atom is -0.489 e. The number of nitrogens with zero attached hydrogens (tertiary/aromatic N) is 1. The zero-order valence-corrected chi connectivity index (χ0v) is 17.2. The van der Waals surface area contributed by atoms with Gasteiger partial charge in [-0.05, 0) is 53.6 Å². The summed E-state index contributed by atoms with van der Waals surface area (Å²) in [5.41, 5.74) is 4.86. The molecule has 1 aliphatic heterocycles. The molecule has 1 N–H and O–H groups in total. The topological polar surface area (TPSA) is 58.6 Å². The zero-order chi connectivity index (χ0) is 21.1. The largest absolute Gasteiger partial charge is 0.489 e. The Balaban J connectivity index is 1.45. The highest BCUT2D eigenvalue weighted by atomic mass is 35.5. The fourth-order valence-corrected chi connectivity index (χ4v) is 3.26. The summed E-state index contributed by atoms with van der Waals surface area (Å²) in [5.74, 6) is -0.189. The van der Waals surface area contributed by atoms with Crippen molar-refractivity contribution in [3.63, 3.8) is 0 Å². The molecule has 4 rings (SSSR count). The molecular weight excluding hydrogens is 423 g/mol. The number of hydrazine groups is 1. The van der Waals surface area contributed by atoms with Gasteiger partial charge in [0.2, 0.25) is 0 Å². The number of carbonyl (C=O) groups excluding carboxylic acids is 2. The van der Waals surface area contributed by atoms with E-state index in [0.29, 0.717) is 33.7 Å². The van der Waals surface area contributed by atoms with Crippen LogP contribution in [0.5, 0.6) is 5.75 Å². The maximum Gasteiger partial charge on any atom is 0.282 e. The molecule has 1 fully saturated rings. The van der Waals surface area contributed by atoms with Crippen LogP contribution in [-0.4, -0.2) is 11.8 Å². The molecule has 0 aromatic heterocycles. The molecule has 1 heterocycles. The van der Waals surface area contributed by atoms with E-state index in [2.05, 4.69) is 5.43 Å². The molecule has 0 bridgehead atoms. The van der Waals surface area contributed by atoms with Crippen LogP contribution in [0, 0.1) is 0 Å². The molecule has 1 aliphatic rings. The number of anilines is 1. The van der Waals surface area contributed by atoms with Crippen LogP contribution in [0.4, 0.5) is 5.69 Å². The first-order valence-electron chi connectivity index (χ1n) is 9.10. The van der Waals surface area contributed by atoms with Gasteiger partial charge in [0.05, 0.1) is 15.7 Å². The van der Waals surface area contributed by atoms with Crippen molar-refractivity contribution in [3.8, 4) is 5.75 Å². The van der Waals surface area contributed by atoms with Gasteiger partial charge < -0.3 is 4.74 Å². The summed E-state index contributed by atoms with van der Waals surface area (Å²) in [6.07, 6.45) is 1.56. The van der Waals surface area contributed by atoms with Crippen molar-refractivity contribution in [2.45, 2.75) is 6.61 Å². The normalized spacial score (nSPS) is 14.9. The second-order valence-corrected chi connectivity index (χ2v) is 7.40. The highest BCUT2D eigenvalue weighted by Crippen LogP contribution is 2.24. The Morgan fingerprint density at radius 2 is 1.63 bits per heavy atom. The van der Waals surface area contributed by atoms with Gasteiger partial charge >= 0.3 is 0 Å². The molecule has 2 amide bonds. The van der Waals surface area contributed by atoms with Crippen LogP contribution in [0.2, 0.25) is 10.0 Å². The first kappa shape index (κ1) is 20.0. The van der Waals surface area contributed by atoms with Crippen LogP contribution in [0.1, 0.15) is 11.1 Å². The zero-order valence-electron chi connectivity index (χ0n) is 15.6. The Morgan fingerprint density at radius 3 is 2.33 bits per heavy atom. The Morgan fingerprint density at radius 1 is 0.900 bits per heavy atom. The van der Waals surface area contributed by atoms with E-state index in [1.54, 1.807) is 66.7 Å². The highest BCUT2D eigenvalue weighted by Gasteiger charge is 2.34. The van der Waals surface area contributed by atoms with Gasteiger partial charge in [-0.15, -0.1) is 0 Å². The predicted molar refractivity (Wildman–Crippen MR) is 117 cm³/mol. The maximum atomic E-state index is 12.6. The quantitative estimate of drug-likeness (QED) is 0.448. The molecule has 0 radical (unpaired) electrons. The molecule has 3 aromatic carbocycles. The monoisotopic (exact) mass is 438 g/mol. The fourth-order valence-electron chi connectivity index (χ4n) is 2.94. The summed E-state index contributed by atoms with van der Waals surface area (Å²) in [5, 5.41) is 2.21. The van der Waals surface area contributed by atoms with E-state index in [-0.39, 0.29) is 5.57 Å². The van der Waals surface area contributed by atoms with E-state index in [4.69, 9.17) is 27.9 Å². The molecule has 7 heteroatoms. The third-order valence-electron chi connectivity index (χ3n) is 4.49. The van der Waals surface area contributed by atoms with Crippen LogP contribution in [0.3, 0.4) is 0 Å². The van der Waals surface area contributed by atoms with Crippen molar-refractivity contribution < 1.29 is 14.3 Å². The number of carbonyl (C=O) groups is 2. The van der Waals surface area contributed by atoms with E-state index in [9.17, 15) is 9.59 Å². The highest BCUT2D eigenvalue weighted by molar-refractivity contribution is 6.42. The number of para-hydroxylation sites is 1. The van der Waals surface area contributed by atoms with Gasteiger partial charge in [-0.3, -0.25) is 15.0 Å². The number of hydrogen-bond donors (Lipinski definition) is 1. The Bertz CT molecular complexity index is 1130. The molecule has 30 heavy (non-hydrogen) atoms. The van der Waals surface area contributed by atoms with Crippen LogP contribution < -0.4 is 15.2 Å². The van der Waals surface area contributed by atoms with Crippen molar-refractivity contribution in [3.05, 3.63) is 99.5 Å². The summed E-state index contributed by atoms with van der Waals surface area (Å²) in [7, 11) is 0. The molecule has 0 atom stereocenters. The molecule has 0 spiro atoms. The van der Waals surface area contributed by atoms with Gasteiger partial charge in [-0.2, -0.15) is 0 Å². The number of amides is 2. The van der Waals surface area contributed by atoms with E-state index in [0.717, 1.165) is 5.56 Å². The summed E-state index contributed by atoms with van der Waals surface area (Å²) in [4.78, 5) is 24.9. The Hall–Kier alpha value is -3.28. The number of rotatable bonds is 5. The molecule has 0 aliphatic carbocycles. The van der Waals surface area contributed by atoms with E-state index in [1.807, 2.05) is 12.1 Å². The van der Waals surface area contributed by atoms with Gasteiger partial charge in [0.25, 0.3) is 11.8 Å². The minimum absolute atomic E-state index is 0.0725. The molecule has 3 aromatic rings. The number of halogens is 2. The van der Waals surface area contributed by atoms with Crippen LogP contribution in [-0.2, 0) is 16.2 Å². The lowest BCUT2D eigenvalue weighted by Crippen LogP contribution is -2.35. The average molecular weight is 439 g/mol. The van der Waals surface area contributed by atoms with Gasteiger partial charge in [0.1, 0.15) is 17.9 Å².